The second kappa shape index (κ2) is 7.81. The molecule has 3 heterocycles. The van der Waals surface area contributed by atoms with Gasteiger partial charge in [0.2, 0.25) is 11.6 Å². The molecule has 0 bridgehead atoms. The Labute approximate surface area is 221 Å². The van der Waals surface area contributed by atoms with Gasteiger partial charge < -0.3 is 9.97 Å². The van der Waals surface area contributed by atoms with Crippen LogP contribution in [-0.4, -0.2) is 31.5 Å². The van der Waals surface area contributed by atoms with Gasteiger partial charge in [-0.3, -0.25) is 9.59 Å². The first-order valence-corrected chi connectivity index (χ1v) is 12.7. The van der Waals surface area contributed by atoms with Crippen molar-refractivity contribution in [3.8, 4) is 22.5 Å². The summed E-state index contributed by atoms with van der Waals surface area (Å²) in [5.41, 5.74) is 5.33. The Hall–Kier alpha value is -3.88. The van der Waals surface area contributed by atoms with Crippen LogP contribution in [0.3, 0.4) is 0 Å². The van der Waals surface area contributed by atoms with Crippen LogP contribution >= 0.6 is 31.9 Å². The van der Waals surface area contributed by atoms with Crippen LogP contribution in [0.15, 0.2) is 82.0 Å². The maximum Gasteiger partial charge on any atom is 0.214 e. The largest absolute Gasteiger partial charge is 0.360 e. The molecule has 0 saturated carbocycles. The number of nitrogens with zero attached hydrogens (tertiary/aromatic N) is 2. The maximum atomic E-state index is 13.5. The van der Waals surface area contributed by atoms with Crippen molar-refractivity contribution in [1.82, 2.24) is 19.9 Å². The Kier molecular flexibility index (Phi) is 4.64. The van der Waals surface area contributed by atoms with E-state index in [9.17, 15) is 9.59 Å². The molecule has 7 rings (SSSR count). The van der Waals surface area contributed by atoms with Gasteiger partial charge in [-0.25, -0.2) is 9.97 Å². The molecule has 6 nitrogen and oxygen atoms in total. The van der Waals surface area contributed by atoms with Crippen LogP contribution < -0.4 is 0 Å². The lowest BCUT2D eigenvalue weighted by atomic mass is 9.89. The first-order chi connectivity index (χ1) is 17.5. The number of carbonyl (C=O) groups is 2. The molecule has 0 aliphatic heterocycles. The molecule has 8 heteroatoms. The van der Waals surface area contributed by atoms with Crippen LogP contribution in [0.4, 0.5) is 0 Å². The number of aromatic nitrogens is 4. The van der Waals surface area contributed by atoms with E-state index in [1.165, 1.54) is 0 Å². The van der Waals surface area contributed by atoms with Crippen molar-refractivity contribution >= 4 is 65.2 Å². The van der Waals surface area contributed by atoms with Gasteiger partial charge in [0.1, 0.15) is 11.4 Å². The number of hydrogen-bond donors (Lipinski definition) is 2. The Morgan fingerprint density at radius 2 is 1.00 bits per heavy atom. The van der Waals surface area contributed by atoms with Gasteiger partial charge >= 0.3 is 0 Å². The van der Waals surface area contributed by atoms with Gasteiger partial charge in [0, 0.05) is 65.4 Å². The molecule has 6 aromatic rings. The summed E-state index contributed by atoms with van der Waals surface area (Å²) in [6.07, 6.45) is 3.73. The van der Waals surface area contributed by atoms with Gasteiger partial charge in [0.25, 0.3) is 0 Å². The molecule has 0 amide bonds. The smallest absolute Gasteiger partial charge is 0.214 e. The zero-order valence-electron chi connectivity index (χ0n) is 18.4. The Morgan fingerprint density at radius 3 is 1.44 bits per heavy atom. The fraction of sp³-hybridized carbons (Fsp3) is 0. The van der Waals surface area contributed by atoms with Gasteiger partial charge in [0.05, 0.1) is 11.4 Å². The number of fused-ring (bicyclic) bond motifs is 4. The van der Waals surface area contributed by atoms with Gasteiger partial charge in [0.15, 0.2) is 0 Å². The highest BCUT2D eigenvalue weighted by Crippen LogP contribution is 2.40. The molecule has 0 saturated heterocycles. The number of carbonyl (C=O) groups excluding carboxylic acids is 2. The Morgan fingerprint density at radius 1 is 0.556 bits per heavy atom. The quantitative estimate of drug-likeness (QED) is 0.223. The van der Waals surface area contributed by atoms with Crippen molar-refractivity contribution in [2.45, 2.75) is 0 Å². The third kappa shape index (κ3) is 3.08. The predicted octanol–water partition coefficient (Wildman–Crippen LogP) is 7.07. The maximum absolute atomic E-state index is 13.5. The molecular weight excluding hydrogens is 584 g/mol. The van der Waals surface area contributed by atoms with Crippen LogP contribution in [0.5, 0.6) is 0 Å². The number of nitrogens with one attached hydrogen (secondary N) is 2. The third-order valence-corrected chi connectivity index (χ3v) is 7.53. The van der Waals surface area contributed by atoms with Crippen LogP contribution in [0, 0.1) is 0 Å². The standard InChI is InChI=1S/C28H14Br2N4O2/c29-13-5-7-21-17(9-13)19(11-31-21)23-24(20-12-32-22-8-6-14(30)10-18(20)22)34-26-25(33-23)27(35)15-3-1-2-4-16(15)28(26)36/h1-12,31-32H. The lowest BCUT2D eigenvalue weighted by molar-refractivity contribution is 0.0972. The fourth-order valence-electron chi connectivity index (χ4n) is 4.84. The molecule has 172 valence electrons. The third-order valence-electron chi connectivity index (χ3n) is 6.54. The van der Waals surface area contributed by atoms with E-state index in [0.717, 1.165) is 41.9 Å². The van der Waals surface area contributed by atoms with Crippen molar-refractivity contribution in [3.63, 3.8) is 0 Å². The van der Waals surface area contributed by atoms with E-state index in [0.29, 0.717) is 22.5 Å². The predicted molar refractivity (Wildman–Crippen MR) is 145 cm³/mol. The molecule has 1 aliphatic carbocycles. The van der Waals surface area contributed by atoms with E-state index in [1.54, 1.807) is 24.3 Å². The molecular formula is C28H14Br2N4O2. The van der Waals surface area contributed by atoms with Crippen molar-refractivity contribution in [2.24, 2.45) is 0 Å². The molecule has 0 spiro atoms. The average molecular weight is 598 g/mol. The van der Waals surface area contributed by atoms with Crippen molar-refractivity contribution in [3.05, 3.63) is 105 Å². The van der Waals surface area contributed by atoms with Gasteiger partial charge in [-0.05, 0) is 36.4 Å². The summed E-state index contributed by atoms with van der Waals surface area (Å²) >= 11 is 7.12. The van der Waals surface area contributed by atoms with E-state index in [-0.39, 0.29) is 23.0 Å². The van der Waals surface area contributed by atoms with Crippen LogP contribution in [0.25, 0.3) is 44.3 Å². The second-order valence-corrected chi connectivity index (χ2v) is 10.4. The van der Waals surface area contributed by atoms with E-state index in [2.05, 4.69) is 41.8 Å². The Balaban J connectivity index is 1.58. The minimum Gasteiger partial charge on any atom is -0.360 e. The van der Waals surface area contributed by atoms with E-state index in [1.807, 2.05) is 48.8 Å². The molecule has 1 aliphatic rings. The monoisotopic (exact) mass is 596 g/mol. The molecule has 36 heavy (non-hydrogen) atoms. The number of halogens is 2. The van der Waals surface area contributed by atoms with E-state index in [4.69, 9.17) is 9.97 Å². The first kappa shape index (κ1) is 21.4. The molecule has 3 aromatic heterocycles. The van der Waals surface area contributed by atoms with Gasteiger partial charge in [-0.15, -0.1) is 0 Å². The summed E-state index contributed by atoms with van der Waals surface area (Å²) in [4.78, 5) is 43.2. The fourth-order valence-corrected chi connectivity index (χ4v) is 5.56. The molecule has 0 radical (unpaired) electrons. The number of ketones is 2. The molecule has 0 fully saturated rings. The number of benzene rings is 3. The zero-order valence-corrected chi connectivity index (χ0v) is 21.6. The highest BCUT2D eigenvalue weighted by molar-refractivity contribution is 9.10. The highest BCUT2D eigenvalue weighted by Gasteiger charge is 2.34. The van der Waals surface area contributed by atoms with Crippen LogP contribution in [0.2, 0.25) is 0 Å². The van der Waals surface area contributed by atoms with Crippen molar-refractivity contribution < 1.29 is 9.59 Å². The minimum absolute atomic E-state index is 0.0721. The number of H-pyrrole nitrogens is 2. The van der Waals surface area contributed by atoms with E-state index < -0.39 is 0 Å². The van der Waals surface area contributed by atoms with Crippen molar-refractivity contribution in [1.29, 1.82) is 0 Å². The normalized spacial score (nSPS) is 12.8. The highest BCUT2D eigenvalue weighted by atomic mass is 79.9. The number of hydrogen-bond acceptors (Lipinski definition) is 4. The molecule has 3 aromatic carbocycles. The van der Waals surface area contributed by atoms with Crippen LogP contribution in [0.1, 0.15) is 32.1 Å². The first-order valence-electron chi connectivity index (χ1n) is 11.1. The number of rotatable bonds is 2. The summed E-state index contributed by atoms with van der Waals surface area (Å²) in [5, 5.41) is 1.85. The lowest BCUT2D eigenvalue weighted by Crippen LogP contribution is -2.24. The summed E-state index contributed by atoms with van der Waals surface area (Å²) < 4.78 is 1.83. The number of aromatic amines is 2. The summed E-state index contributed by atoms with van der Waals surface area (Å²) in [7, 11) is 0. The molecule has 0 atom stereocenters. The van der Waals surface area contributed by atoms with Crippen LogP contribution in [-0.2, 0) is 0 Å². The summed E-state index contributed by atoms with van der Waals surface area (Å²) in [5.74, 6) is -0.605. The summed E-state index contributed by atoms with van der Waals surface area (Å²) in [6, 6.07) is 18.7. The second-order valence-electron chi connectivity index (χ2n) is 8.61. The Bertz CT molecular complexity index is 1780. The van der Waals surface area contributed by atoms with Gasteiger partial charge in [-0.2, -0.15) is 0 Å². The topological polar surface area (TPSA) is 91.5 Å². The SMILES string of the molecule is O=C1c2ccccc2C(=O)c2nc(-c3c[nH]c4ccc(Br)cc34)c(-c3c[nH]c4ccc(Br)cc34)nc21. The minimum atomic E-state index is -0.303. The summed E-state index contributed by atoms with van der Waals surface area (Å²) in [6.45, 7) is 0. The lowest BCUT2D eigenvalue weighted by Gasteiger charge is -2.18. The molecule has 2 N–H and O–H groups in total. The molecule has 0 unspecified atom stereocenters. The van der Waals surface area contributed by atoms with Gasteiger partial charge in [-0.1, -0.05) is 56.1 Å². The van der Waals surface area contributed by atoms with Crippen molar-refractivity contribution in [2.75, 3.05) is 0 Å². The zero-order chi connectivity index (χ0) is 24.6. The van der Waals surface area contributed by atoms with E-state index >= 15 is 0 Å². The average Bonchev–Trinajstić information content (AvgIpc) is 3.50.